The van der Waals surface area contributed by atoms with Crippen molar-refractivity contribution < 1.29 is 9.84 Å². The lowest BCUT2D eigenvalue weighted by Gasteiger charge is -2.22. The average molecular weight is 154 g/mol. The SMILES string of the molecule is OC[C@H]1Cn2ccnc2CO1. The van der Waals surface area contributed by atoms with Crippen molar-refractivity contribution in [2.24, 2.45) is 0 Å². The van der Waals surface area contributed by atoms with Crippen LogP contribution in [0.5, 0.6) is 0 Å². The first-order valence-corrected chi connectivity index (χ1v) is 3.62. The molecule has 0 saturated heterocycles. The van der Waals surface area contributed by atoms with Gasteiger partial charge in [-0.15, -0.1) is 0 Å². The molecule has 1 aliphatic rings. The third kappa shape index (κ3) is 1.15. The molecule has 4 nitrogen and oxygen atoms in total. The molecule has 0 saturated carbocycles. The van der Waals surface area contributed by atoms with Crippen molar-refractivity contribution in [1.29, 1.82) is 0 Å². The monoisotopic (exact) mass is 154 g/mol. The highest BCUT2D eigenvalue weighted by Gasteiger charge is 2.17. The molecule has 1 aliphatic heterocycles. The molecule has 1 aromatic heterocycles. The van der Waals surface area contributed by atoms with E-state index in [9.17, 15) is 0 Å². The maximum absolute atomic E-state index is 8.80. The van der Waals surface area contributed by atoms with Crippen LogP contribution in [-0.2, 0) is 17.9 Å². The molecule has 0 spiro atoms. The standard InChI is InChI=1S/C7H10N2O2/c10-4-6-3-9-2-1-8-7(9)5-11-6/h1-2,6,10H,3-5H2/t6-/m1/s1. The Hall–Kier alpha value is -0.870. The van der Waals surface area contributed by atoms with Gasteiger partial charge in [0.2, 0.25) is 0 Å². The lowest BCUT2D eigenvalue weighted by atomic mass is 10.3. The van der Waals surface area contributed by atoms with E-state index in [1.165, 1.54) is 0 Å². The third-order valence-corrected chi connectivity index (χ3v) is 1.85. The van der Waals surface area contributed by atoms with Crippen LogP contribution < -0.4 is 0 Å². The van der Waals surface area contributed by atoms with Crippen LogP contribution in [0.1, 0.15) is 5.82 Å². The molecule has 4 heteroatoms. The Morgan fingerprint density at radius 2 is 2.73 bits per heavy atom. The van der Waals surface area contributed by atoms with Gasteiger partial charge in [0.1, 0.15) is 12.4 Å². The molecular weight excluding hydrogens is 144 g/mol. The minimum atomic E-state index is -0.0586. The minimum Gasteiger partial charge on any atom is -0.394 e. The molecule has 60 valence electrons. The van der Waals surface area contributed by atoms with Crippen molar-refractivity contribution in [3.63, 3.8) is 0 Å². The Morgan fingerprint density at radius 1 is 1.82 bits per heavy atom. The van der Waals surface area contributed by atoms with E-state index in [-0.39, 0.29) is 12.7 Å². The predicted octanol–water partition coefficient (Wildman–Crippen LogP) is -0.226. The Morgan fingerprint density at radius 3 is 3.55 bits per heavy atom. The van der Waals surface area contributed by atoms with Gasteiger partial charge < -0.3 is 14.4 Å². The van der Waals surface area contributed by atoms with Gasteiger partial charge in [0.05, 0.1) is 19.3 Å². The second kappa shape index (κ2) is 2.64. The number of hydrogen-bond acceptors (Lipinski definition) is 3. The van der Waals surface area contributed by atoms with Gasteiger partial charge >= 0.3 is 0 Å². The van der Waals surface area contributed by atoms with E-state index in [1.807, 2.05) is 10.8 Å². The van der Waals surface area contributed by atoms with Crippen molar-refractivity contribution >= 4 is 0 Å². The number of imidazole rings is 1. The Kier molecular flexibility index (Phi) is 1.63. The molecule has 2 heterocycles. The number of aliphatic hydroxyl groups excluding tert-OH is 1. The van der Waals surface area contributed by atoms with Crippen LogP contribution in [-0.4, -0.2) is 27.4 Å². The molecule has 0 bridgehead atoms. The summed E-state index contributed by atoms with van der Waals surface area (Å²) < 4.78 is 7.28. The maximum Gasteiger partial charge on any atom is 0.134 e. The van der Waals surface area contributed by atoms with E-state index in [4.69, 9.17) is 9.84 Å². The van der Waals surface area contributed by atoms with Gasteiger partial charge in [-0.25, -0.2) is 4.98 Å². The van der Waals surface area contributed by atoms with Crippen molar-refractivity contribution in [2.45, 2.75) is 19.3 Å². The van der Waals surface area contributed by atoms with Gasteiger partial charge in [-0.2, -0.15) is 0 Å². The Labute approximate surface area is 64.4 Å². The van der Waals surface area contributed by atoms with Crippen LogP contribution >= 0.6 is 0 Å². The molecule has 0 radical (unpaired) electrons. The summed E-state index contributed by atoms with van der Waals surface area (Å²) in [4.78, 5) is 4.08. The maximum atomic E-state index is 8.80. The Bertz CT molecular complexity index is 246. The molecule has 0 aromatic carbocycles. The Balaban J connectivity index is 2.18. The molecule has 0 unspecified atom stereocenters. The lowest BCUT2D eigenvalue weighted by Crippen LogP contribution is -2.29. The molecule has 1 atom stereocenters. The summed E-state index contributed by atoms with van der Waals surface area (Å²) in [7, 11) is 0. The van der Waals surface area contributed by atoms with Gasteiger partial charge in [0, 0.05) is 12.4 Å². The second-order valence-electron chi connectivity index (χ2n) is 2.61. The number of hydrogen-bond donors (Lipinski definition) is 1. The summed E-state index contributed by atoms with van der Waals surface area (Å²) in [6, 6.07) is 0. The molecular formula is C7H10N2O2. The number of rotatable bonds is 1. The average Bonchev–Trinajstić information content (AvgIpc) is 2.50. The number of nitrogens with zero attached hydrogens (tertiary/aromatic N) is 2. The fourth-order valence-corrected chi connectivity index (χ4v) is 1.22. The highest BCUT2D eigenvalue weighted by molar-refractivity contribution is 4.93. The van der Waals surface area contributed by atoms with E-state index < -0.39 is 0 Å². The molecule has 11 heavy (non-hydrogen) atoms. The van der Waals surface area contributed by atoms with Crippen LogP contribution in [0.4, 0.5) is 0 Å². The summed E-state index contributed by atoms with van der Waals surface area (Å²) in [5.74, 6) is 0.940. The molecule has 0 fully saturated rings. The van der Waals surface area contributed by atoms with Crippen molar-refractivity contribution in [1.82, 2.24) is 9.55 Å². The topological polar surface area (TPSA) is 47.3 Å². The van der Waals surface area contributed by atoms with Crippen LogP contribution in [0.3, 0.4) is 0 Å². The first-order valence-electron chi connectivity index (χ1n) is 3.62. The smallest absolute Gasteiger partial charge is 0.134 e. The first-order chi connectivity index (χ1) is 5.40. The third-order valence-electron chi connectivity index (χ3n) is 1.85. The van der Waals surface area contributed by atoms with E-state index in [0.717, 1.165) is 5.82 Å². The molecule has 2 rings (SSSR count). The quantitative estimate of drug-likeness (QED) is 0.608. The fourth-order valence-electron chi connectivity index (χ4n) is 1.22. The summed E-state index contributed by atoms with van der Waals surface area (Å²) in [6.07, 6.45) is 3.59. The van der Waals surface area contributed by atoms with Gasteiger partial charge in [-0.3, -0.25) is 0 Å². The fraction of sp³-hybridized carbons (Fsp3) is 0.571. The predicted molar refractivity (Wildman–Crippen MR) is 37.9 cm³/mol. The van der Waals surface area contributed by atoms with Crippen LogP contribution in [0.15, 0.2) is 12.4 Å². The van der Waals surface area contributed by atoms with E-state index in [2.05, 4.69) is 4.98 Å². The molecule has 0 amide bonds. The minimum absolute atomic E-state index is 0.0586. The zero-order valence-electron chi connectivity index (χ0n) is 6.10. The summed E-state index contributed by atoms with van der Waals surface area (Å²) in [5.41, 5.74) is 0. The van der Waals surface area contributed by atoms with Gasteiger partial charge in [0.25, 0.3) is 0 Å². The zero-order chi connectivity index (χ0) is 7.68. The van der Waals surface area contributed by atoms with Gasteiger partial charge in [0.15, 0.2) is 0 Å². The number of ether oxygens (including phenoxy) is 1. The van der Waals surface area contributed by atoms with Crippen molar-refractivity contribution in [2.75, 3.05) is 6.61 Å². The van der Waals surface area contributed by atoms with Crippen LogP contribution in [0, 0.1) is 0 Å². The second-order valence-corrected chi connectivity index (χ2v) is 2.61. The van der Waals surface area contributed by atoms with Crippen LogP contribution in [0.2, 0.25) is 0 Å². The van der Waals surface area contributed by atoms with Crippen molar-refractivity contribution in [3.05, 3.63) is 18.2 Å². The molecule has 0 aliphatic carbocycles. The number of aliphatic hydroxyl groups is 1. The van der Waals surface area contributed by atoms with Crippen LogP contribution in [0.25, 0.3) is 0 Å². The summed E-state index contributed by atoms with van der Waals surface area (Å²) in [6.45, 7) is 1.31. The van der Waals surface area contributed by atoms with E-state index in [0.29, 0.717) is 13.2 Å². The lowest BCUT2D eigenvalue weighted by molar-refractivity contribution is -0.0293. The highest BCUT2D eigenvalue weighted by atomic mass is 16.5. The highest BCUT2D eigenvalue weighted by Crippen LogP contribution is 2.10. The van der Waals surface area contributed by atoms with Gasteiger partial charge in [-0.05, 0) is 0 Å². The summed E-state index contributed by atoms with van der Waals surface area (Å²) in [5, 5.41) is 8.80. The van der Waals surface area contributed by atoms with E-state index >= 15 is 0 Å². The number of aromatic nitrogens is 2. The van der Waals surface area contributed by atoms with E-state index in [1.54, 1.807) is 6.20 Å². The summed E-state index contributed by atoms with van der Waals surface area (Å²) >= 11 is 0. The largest absolute Gasteiger partial charge is 0.394 e. The first kappa shape index (κ1) is 6.82. The molecule has 1 N–H and O–H groups in total. The number of fused-ring (bicyclic) bond motifs is 1. The van der Waals surface area contributed by atoms with Crippen molar-refractivity contribution in [3.8, 4) is 0 Å². The normalized spacial score (nSPS) is 23.2. The zero-order valence-corrected chi connectivity index (χ0v) is 6.10. The molecule has 1 aromatic rings. The van der Waals surface area contributed by atoms with Gasteiger partial charge in [-0.1, -0.05) is 0 Å².